The van der Waals surface area contributed by atoms with E-state index in [-0.39, 0.29) is 5.75 Å². The molecule has 4 bridgehead atoms. The van der Waals surface area contributed by atoms with Gasteiger partial charge in [-0.2, -0.15) is 4.89 Å². The Morgan fingerprint density at radius 1 is 0.829 bits per heavy atom. The van der Waals surface area contributed by atoms with Crippen molar-refractivity contribution < 1.29 is 24.4 Å². The molecule has 4 saturated carbocycles. The topological polar surface area (TPSA) is 57.2 Å². The molecule has 1 spiro atoms. The summed E-state index contributed by atoms with van der Waals surface area (Å²) in [6, 6.07) is 18.0. The van der Waals surface area contributed by atoms with E-state index in [4.69, 9.17) is 19.2 Å². The Morgan fingerprint density at radius 3 is 2.09 bits per heavy atom. The van der Waals surface area contributed by atoms with E-state index in [0.717, 1.165) is 44.0 Å². The van der Waals surface area contributed by atoms with Crippen molar-refractivity contribution in [2.45, 2.75) is 43.5 Å². The molecule has 6 heteroatoms. The molecule has 1 aliphatic heterocycles. The molecular weight excluding hydrogens is 460 g/mol. The first kappa shape index (κ1) is 21.9. The molecule has 1 unspecified atom stereocenters. The fraction of sp³-hybridized carbons (Fsp3) is 0.448. The van der Waals surface area contributed by atoms with Gasteiger partial charge in [-0.15, -0.1) is 11.3 Å². The Morgan fingerprint density at radius 2 is 1.51 bits per heavy atom. The van der Waals surface area contributed by atoms with Crippen LogP contribution in [0.15, 0.2) is 54.6 Å². The highest BCUT2D eigenvalue weighted by Gasteiger charge is 2.76. The van der Waals surface area contributed by atoms with Crippen molar-refractivity contribution >= 4 is 11.3 Å². The number of hydrogen-bond donors (Lipinski definition) is 1. The maximum Gasteiger partial charge on any atom is 0.260 e. The maximum absolute atomic E-state index is 11.1. The number of methoxy groups -OCH3 is 2. The molecule has 1 aromatic heterocycles. The van der Waals surface area contributed by atoms with Gasteiger partial charge >= 0.3 is 0 Å². The molecule has 4 aliphatic carbocycles. The number of phenols is 1. The molecule has 0 radical (unpaired) electrons. The molecule has 2 aromatic carbocycles. The lowest BCUT2D eigenvalue weighted by Crippen LogP contribution is -2.76. The first-order chi connectivity index (χ1) is 17.1. The Kier molecular flexibility index (Phi) is 4.88. The third-order valence-corrected chi connectivity index (χ3v) is 10.2. The van der Waals surface area contributed by atoms with E-state index in [1.54, 1.807) is 25.6 Å². The van der Waals surface area contributed by atoms with Crippen LogP contribution in [0.4, 0.5) is 0 Å². The zero-order valence-electron chi connectivity index (χ0n) is 20.0. The van der Waals surface area contributed by atoms with Crippen LogP contribution in [0.2, 0.25) is 0 Å². The largest absolute Gasteiger partial charge is 0.507 e. The number of benzene rings is 2. The number of phenolic OH excluding ortho intramolecular Hbond substituents is 1. The average molecular weight is 491 g/mol. The van der Waals surface area contributed by atoms with Gasteiger partial charge in [-0.1, -0.05) is 6.07 Å². The van der Waals surface area contributed by atoms with Crippen LogP contribution < -0.4 is 4.74 Å². The van der Waals surface area contributed by atoms with E-state index in [1.807, 2.05) is 30.3 Å². The van der Waals surface area contributed by atoms with Crippen LogP contribution in [0.1, 0.15) is 37.7 Å². The third kappa shape index (κ3) is 2.97. The summed E-state index contributed by atoms with van der Waals surface area (Å²) in [5.74, 6) is 2.63. The Labute approximate surface area is 209 Å². The van der Waals surface area contributed by atoms with Gasteiger partial charge in [-0.3, -0.25) is 0 Å². The van der Waals surface area contributed by atoms with Gasteiger partial charge in [-0.25, -0.2) is 4.89 Å². The second-order valence-electron chi connectivity index (χ2n) is 10.7. The Bertz CT molecular complexity index is 1230. The van der Waals surface area contributed by atoms with Crippen molar-refractivity contribution in [2.75, 3.05) is 14.2 Å². The van der Waals surface area contributed by atoms with E-state index in [9.17, 15) is 5.11 Å². The second kappa shape index (κ2) is 7.81. The van der Waals surface area contributed by atoms with Gasteiger partial charge in [0, 0.05) is 28.0 Å². The van der Waals surface area contributed by atoms with Crippen molar-refractivity contribution in [2.24, 2.45) is 23.7 Å². The zero-order valence-corrected chi connectivity index (χ0v) is 20.8. The molecule has 3 aromatic rings. The lowest BCUT2D eigenvalue weighted by molar-refractivity contribution is -0.645. The quantitative estimate of drug-likeness (QED) is 0.401. The van der Waals surface area contributed by atoms with Gasteiger partial charge in [-0.05, 0) is 110 Å². The predicted octanol–water partition coefficient (Wildman–Crippen LogP) is 6.75. The van der Waals surface area contributed by atoms with Crippen LogP contribution in [0.5, 0.6) is 11.5 Å². The summed E-state index contributed by atoms with van der Waals surface area (Å²) >= 11 is 1.66. The molecule has 2 heterocycles. The zero-order chi connectivity index (χ0) is 23.8. The van der Waals surface area contributed by atoms with Crippen LogP contribution >= 0.6 is 11.3 Å². The summed E-state index contributed by atoms with van der Waals surface area (Å²) < 4.78 is 11.4. The molecule has 8 rings (SSSR count). The van der Waals surface area contributed by atoms with Gasteiger partial charge in [0.2, 0.25) is 0 Å². The van der Waals surface area contributed by atoms with Gasteiger partial charge < -0.3 is 14.6 Å². The number of hydrogen-bond acceptors (Lipinski definition) is 6. The van der Waals surface area contributed by atoms with Crippen molar-refractivity contribution in [1.82, 2.24) is 0 Å². The number of thiophene rings is 1. The molecule has 5 aliphatic rings. The van der Waals surface area contributed by atoms with Crippen LogP contribution in [0.25, 0.3) is 20.9 Å². The first-order valence-corrected chi connectivity index (χ1v) is 13.4. The summed E-state index contributed by atoms with van der Waals surface area (Å²) in [4.78, 5) is 14.1. The minimum Gasteiger partial charge on any atom is -0.507 e. The maximum atomic E-state index is 11.1. The number of rotatable bonds is 5. The molecule has 182 valence electrons. The van der Waals surface area contributed by atoms with Crippen molar-refractivity contribution in [3.05, 3.63) is 60.2 Å². The number of aromatic hydroxyl groups is 1. The summed E-state index contributed by atoms with van der Waals surface area (Å²) in [6.45, 7) is 0. The summed E-state index contributed by atoms with van der Waals surface area (Å²) in [6.07, 6.45) is 6.13. The van der Waals surface area contributed by atoms with Crippen molar-refractivity contribution in [1.29, 1.82) is 0 Å². The molecule has 0 amide bonds. The minimum absolute atomic E-state index is 0.233. The third-order valence-electron chi connectivity index (χ3n) is 9.07. The van der Waals surface area contributed by atoms with E-state index >= 15 is 0 Å². The molecular formula is C29H30O5S. The Hall–Kier alpha value is -2.38. The highest BCUT2D eigenvalue weighted by molar-refractivity contribution is 7.18. The normalized spacial score (nSPS) is 34.8. The van der Waals surface area contributed by atoms with Crippen LogP contribution in [0.3, 0.4) is 0 Å². The molecule has 1 saturated heterocycles. The van der Waals surface area contributed by atoms with Crippen molar-refractivity contribution in [3.8, 4) is 32.4 Å². The average Bonchev–Trinajstić information content (AvgIpc) is 3.34. The summed E-state index contributed by atoms with van der Waals surface area (Å²) in [5.41, 5.74) is 2.32. The van der Waals surface area contributed by atoms with Gasteiger partial charge in [0.15, 0.2) is 5.60 Å². The lowest BCUT2D eigenvalue weighted by atomic mass is 9.47. The fourth-order valence-electron chi connectivity index (χ4n) is 7.69. The second-order valence-corrected chi connectivity index (χ2v) is 11.8. The summed E-state index contributed by atoms with van der Waals surface area (Å²) in [5, 5.41) is 11.1. The standard InChI is InChI=1S/C29H30O5S/c1-31-23-6-3-19(4-7-23)26-9-10-27(35-26)24-8-5-20(16-25(24)30)29(32-2)28(33-34-29)21-12-17-11-18(14-21)15-22(28)13-17/h3-10,16-18,21-22,30H,11-15H2,1-2H3. The van der Waals surface area contributed by atoms with Crippen LogP contribution in [0, 0.1) is 23.7 Å². The van der Waals surface area contributed by atoms with Gasteiger partial charge in [0.1, 0.15) is 11.5 Å². The summed E-state index contributed by atoms with van der Waals surface area (Å²) in [7, 11) is 3.38. The SMILES string of the molecule is COc1ccc(-c2ccc(-c3ccc(C4(OC)OOC45C4CC6CC(C4)CC5C6)cc3O)s2)cc1. The predicted molar refractivity (Wildman–Crippen MR) is 134 cm³/mol. The van der Waals surface area contributed by atoms with Crippen LogP contribution in [-0.4, -0.2) is 24.9 Å². The Balaban J connectivity index is 1.21. The monoisotopic (exact) mass is 490 g/mol. The van der Waals surface area contributed by atoms with E-state index in [1.165, 1.54) is 32.1 Å². The molecule has 5 fully saturated rings. The molecule has 35 heavy (non-hydrogen) atoms. The van der Waals surface area contributed by atoms with E-state index in [0.29, 0.717) is 11.8 Å². The number of ether oxygens (including phenoxy) is 2. The smallest absolute Gasteiger partial charge is 0.260 e. The minimum atomic E-state index is -0.963. The first-order valence-electron chi connectivity index (χ1n) is 12.6. The lowest BCUT2D eigenvalue weighted by Gasteiger charge is -2.68. The molecule has 1 atom stereocenters. The highest BCUT2D eigenvalue weighted by Crippen LogP contribution is 2.69. The van der Waals surface area contributed by atoms with Gasteiger partial charge in [0.05, 0.1) is 7.11 Å². The van der Waals surface area contributed by atoms with Crippen molar-refractivity contribution in [3.63, 3.8) is 0 Å². The highest BCUT2D eigenvalue weighted by atomic mass is 32.1. The van der Waals surface area contributed by atoms with E-state index in [2.05, 4.69) is 24.3 Å². The fourth-order valence-corrected chi connectivity index (χ4v) is 8.74. The molecule has 1 N–H and O–H groups in total. The molecule has 5 nitrogen and oxygen atoms in total. The van der Waals surface area contributed by atoms with Crippen LogP contribution in [-0.2, 0) is 20.3 Å². The van der Waals surface area contributed by atoms with Gasteiger partial charge in [0.25, 0.3) is 5.79 Å². The van der Waals surface area contributed by atoms with E-state index < -0.39 is 11.4 Å².